The van der Waals surface area contributed by atoms with E-state index in [0.717, 1.165) is 16.9 Å². The summed E-state index contributed by atoms with van der Waals surface area (Å²) in [6.45, 7) is 1.71. The average Bonchev–Trinajstić information content (AvgIpc) is 3.71. The number of benzene rings is 3. The summed E-state index contributed by atoms with van der Waals surface area (Å²) in [4.78, 5) is 28.6. The van der Waals surface area contributed by atoms with Crippen LogP contribution in [0.1, 0.15) is 33.5 Å². The molecule has 12 heteroatoms. The maximum Gasteiger partial charge on any atom is 0.296 e. The Morgan fingerprint density at radius 2 is 1.81 bits per heavy atom. The zero-order chi connectivity index (χ0) is 30.1. The fourth-order valence-corrected chi connectivity index (χ4v) is 6.97. The van der Waals surface area contributed by atoms with Gasteiger partial charge in [-0.3, -0.25) is 14.5 Å². The Labute approximate surface area is 264 Å². The van der Waals surface area contributed by atoms with Gasteiger partial charge >= 0.3 is 0 Å². The van der Waals surface area contributed by atoms with Crippen LogP contribution in [0.25, 0.3) is 0 Å². The van der Waals surface area contributed by atoms with E-state index in [0.29, 0.717) is 43.0 Å². The van der Waals surface area contributed by atoms with Crippen molar-refractivity contribution in [2.45, 2.75) is 23.1 Å². The second-order valence-corrected chi connectivity index (χ2v) is 12.5. The van der Waals surface area contributed by atoms with Gasteiger partial charge in [0.15, 0.2) is 15.9 Å². The second kappa shape index (κ2) is 12.3. The van der Waals surface area contributed by atoms with Crippen molar-refractivity contribution in [1.29, 1.82) is 0 Å². The predicted octanol–water partition coefficient (Wildman–Crippen LogP) is 8.61. The quantitative estimate of drug-likeness (QED) is 0.0961. The van der Waals surface area contributed by atoms with Gasteiger partial charge in [0.05, 0.1) is 11.6 Å². The number of aliphatic hydroxyl groups is 1. The van der Waals surface area contributed by atoms with E-state index in [-0.39, 0.29) is 16.5 Å². The lowest BCUT2D eigenvalue weighted by molar-refractivity contribution is -0.117. The SMILES string of the molecule is Cc1ccc(C(=O)C2=C(O)C(=O)N(c3nnc(SCc4ccc(Cl)cc4Cl)s3)C2c2cccc(Oc3ccccc3)c2)o1. The molecule has 0 saturated carbocycles. The van der Waals surface area contributed by atoms with Gasteiger partial charge < -0.3 is 14.3 Å². The molecular formula is C31H21Cl2N3O5S2. The highest BCUT2D eigenvalue weighted by molar-refractivity contribution is 8.00. The fraction of sp³-hybridized carbons (Fsp3) is 0.0968. The van der Waals surface area contributed by atoms with E-state index in [4.69, 9.17) is 32.4 Å². The summed E-state index contributed by atoms with van der Waals surface area (Å²) >= 11 is 14.9. The monoisotopic (exact) mass is 649 g/mol. The first-order valence-corrected chi connectivity index (χ1v) is 15.4. The van der Waals surface area contributed by atoms with E-state index in [1.165, 1.54) is 22.7 Å². The van der Waals surface area contributed by atoms with E-state index in [9.17, 15) is 14.7 Å². The molecule has 5 aromatic rings. The maximum absolute atomic E-state index is 13.7. The summed E-state index contributed by atoms with van der Waals surface area (Å²) in [5, 5.41) is 20.9. The predicted molar refractivity (Wildman–Crippen MR) is 167 cm³/mol. The van der Waals surface area contributed by atoms with Gasteiger partial charge in [0.1, 0.15) is 17.3 Å². The van der Waals surface area contributed by atoms with Crippen molar-refractivity contribution in [3.8, 4) is 11.5 Å². The number of Topliss-reactive ketones (excluding diaryl/α,β-unsaturated/α-hetero) is 1. The van der Waals surface area contributed by atoms with Crippen molar-refractivity contribution >= 4 is 63.1 Å². The number of carbonyl (C=O) groups excluding carboxylic acids is 2. The van der Waals surface area contributed by atoms with Gasteiger partial charge in [-0.05, 0) is 66.6 Å². The summed E-state index contributed by atoms with van der Waals surface area (Å²) in [7, 11) is 0. The number of ketones is 1. The molecular weight excluding hydrogens is 629 g/mol. The van der Waals surface area contributed by atoms with Crippen LogP contribution < -0.4 is 9.64 Å². The maximum atomic E-state index is 13.7. The number of para-hydroxylation sites is 1. The zero-order valence-corrected chi connectivity index (χ0v) is 25.5. The summed E-state index contributed by atoms with van der Waals surface area (Å²) in [5.41, 5.74) is 1.25. The van der Waals surface area contributed by atoms with E-state index >= 15 is 0 Å². The largest absolute Gasteiger partial charge is 0.503 e. The van der Waals surface area contributed by atoms with Crippen LogP contribution >= 0.6 is 46.3 Å². The fourth-order valence-electron chi connectivity index (χ4n) is 4.55. The number of hydrogen-bond acceptors (Lipinski definition) is 9. The normalized spacial score (nSPS) is 14.9. The summed E-state index contributed by atoms with van der Waals surface area (Å²) in [6, 6.07) is 23.6. The van der Waals surface area contributed by atoms with Crippen molar-refractivity contribution in [2.75, 3.05) is 4.90 Å². The second-order valence-electron chi connectivity index (χ2n) is 9.44. The Morgan fingerprint density at radius 3 is 2.56 bits per heavy atom. The molecule has 2 aromatic heterocycles. The molecule has 3 heterocycles. The van der Waals surface area contributed by atoms with Crippen LogP contribution in [-0.4, -0.2) is 27.0 Å². The Balaban J connectivity index is 1.35. The minimum absolute atomic E-state index is 0.00346. The van der Waals surface area contributed by atoms with Gasteiger partial charge in [0.25, 0.3) is 5.91 Å². The highest BCUT2D eigenvalue weighted by Gasteiger charge is 2.47. The highest BCUT2D eigenvalue weighted by Crippen LogP contribution is 2.45. The molecule has 216 valence electrons. The lowest BCUT2D eigenvalue weighted by atomic mass is 9.95. The number of carbonyl (C=O) groups is 2. The number of halogens is 2. The summed E-state index contributed by atoms with van der Waals surface area (Å²) in [6.07, 6.45) is 0. The molecule has 1 aliphatic rings. The number of amides is 1. The molecule has 0 bridgehead atoms. The van der Waals surface area contributed by atoms with Crippen LogP contribution in [0.15, 0.2) is 105 Å². The van der Waals surface area contributed by atoms with Gasteiger partial charge in [0.2, 0.25) is 10.9 Å². The molecule has 1 amide bonds. The first kappa shape index (κ1) is 29.0. The van der Waals surface area contributed by atoms with E-state index in [1.807, 2.05) is 36.4 Å². The Bertz CT molecular complexity index is 1870. The van der Waals surface area contributed by atoms with Crippen LogP contribution in [0, 0.1) is 6.92 Å². The lowest BCUT2D eigenvalue weighted by Crippen LogP contribution is -2.31. The summed E-state index contributed by atoms with van der Waals surface area (Å²) in [5.74, 6) is 0.0384. The van der Waals surface area contributed by atoms with Gasteiger partial charge in [0, 0.05) is 15.8 Å². The average molecular weight is 651 g/mol. The first-order valence-electron chi connectivity index (χ1n) is 12.9. The van der Waals surface area contributed by atoms with E-state index in [1.54, 1.807) is 49.4 Å². The molecule has 43 heavy (non-hydrogen) atoms. The lowest BCUT2D eigenvalue weighted by Gasteiger charge is -2.24. The molecule has 0 aliphatic carbocycles. The topological polar surface area (TPSA) is 106 Å². The molecule has 0 saturated heterocycles. The number of hydrogen-bond donors (Lipinski definition) is 1. The van der Waals surface area contributed by atoms with Crippen molar-refractivity contribution < 1.29 is 23.8 Å². The van der Waals surface area contributed by atoms with Crippen molar-refractivity contribution in [3.63, 3.8) is 0 Å². The Kier molecular flexibility index (Phi) is 8.27. The van der Waals surface area contributed by atoms with Gasteiger partial charge in [-0.1, -0.05) is 82.7 Å². The third kappa shape index (κ3) is 6.05. The van der Waals surface area contributed by atoms with Crippen LogP contribution in [-0.2, 0) is 10.5 Å². The number of ether oxygens (including phenoxy) is 1. The Morgan fingerprint density at radius 1 is 1.02 bits per heavy atom. The molecule has 3 aromatic carbocycles. The molecule has 0 fully saturated rings. The first-order chi connectivity index (χ1) is 20.8. The number of aliphatic hydroxyl groups excluding tert-OH is 1. The molecule has 1 unspecified atom stereocenters. The van der Waals surface area contributed by atoms with Crippen LogP contribution in [0.4, 0.5) is 5.13 Å². The number of anilines is 1. The number of rotatable bonds is 9. The number of nitrogens with zero attached hydrogens (tertiary/aromatic N) is 3. The van der Waals surface area contributed by atoms with Crippen molar-refractivity contribution in [3.05, 3.63) is 129 Å². The Hall–Kier alpha value is -4.09. The van der Waals surface area contributed by atoms with Gasteiger partial charge in [-0.2, -0.15) is 0 Å². The number of furan rings is 1. The number of thioether (sulfide) groups is 1. The molecule has 8 nitrogen and oxygen atoms in total. The molecule has 0 spiro atoms. The molecule has 6 rings (SSSR count). The molecule has 1 N–H and O–H groups in total. The van der Waals surface area contributed by atoms with Crippen molar-refractivity contribution in [2.24, 2.45) is 0 Å². The zero-order valence-electron chi connectivity index (χ0n) is 22.4. The van der Waals surface area contributed by atoms with E-state index < -0.39 is 23.5 Å². The molecule has 1 atom stereocenters. The smallest absolute Gasteiger partial charge is 0.296 e. The van der Waals surface area contributed by atoms with Crippen LogP contribution in [0.3, 0.4) is 0 Å². The van der Waals surface area contributed by atoms with Gasteiger partial charge in [-0.25, -0.2) is 0 Å². The third-order valence-corrected chi connectivity index (χ3v) is 9.23. The van der Waals surface area contributed by atoms with Gasteiger partial charge in [-0.15, -0.1) is 10.2 Å². The molecule has 1 aliphatic heterocycles. The summed E-state index contributed by atoms with van der Waals surface area (Å²) < 4.78 is 12.2. The number of aryl methyl sites for hydroxylation is 1. The minimum Gasteiger partial charge on any atom is -0.503 e. The van der Waals surface area contributed by atoms with Crippen LogP contribution in [0.2, 0.25) is 10.0 Å². The van der Waals surface area contributed by atoms with E-state index in [2.05, 4.69) is 10.2 Å². The standard InChI is InChI=1S/C31H21Cl2N3O5S2/c1-17-10-13-24(40-17)27(37)25-26(18-6-5-9-22(14-18)41-21-7-3-2-4-8-21)36(29(39)28(25)38)30-34-35-31(43-30)42-16-19-11-12-20(32)15-23(19)33/h2-15,26,38H,16H2,1H3. The third-order valence-electron chi connectivity index (χ3n) is 6.54. The van der Waals surface area contributed by atoms with Crippen molar-refractivity contribution in [1.82, 2.24) is 10.2 Å². The number of aromatic nitrogens is 2. The minimum atomic E-state index is -1.03. The highest BCUT2D eigenvalue weighted by atomic mass is 35.5. The van der Waals surface area contributed by atoms with Crippen LogP contribution in [0.5, 0.6) is 11.5 Å². The molecule has 0 radical (unpaired) electrons.